The van der Waals surface area contributed by atoms with E-state index in [9.17, 15) is 24.3 Å². The Morgan fingerprint density at radius 2 is 1.76 bits per heavy atom. The fourth-order valence-corrected chi connectivity index (χ4v) is 5.66. The second kappa shape index (κ2) is 11.4. The number of aliphatic carboxylic acids is 2. The summed E-state index contributed by atoms with van der Waals surface area (Å²) in [5.41, 5.74) is 0. The Morgan fingerprint density at radius 1 is 1.10 bits per heavy atom. The minimum atomic E-state index is -1.26. The molecule has 2 fully saturated rings. The van der Waals surface area contributed by atoms with E-state index in [1.165, 1.54) is 0 Å². The molecule has 0 saturated carbocycles. The fraction of sp³-hybridized carbons (Fsp3) is 0.789. The highest BCUT2D eigenvalue weighted by Gasteiger charge is 2.42. The van der Waals surface area contributed by atoms with Crippen molar-refractivity contribution in [1.82, 2.24) is 10.2 Å². The number of fused-ring (bicyclic) bond motifs is 1. The Bertz CT molecular complexity index is 599. The first-order chi connectivity index (χ1) is 13.8. The molecule has 4 N–H and O–H groups in total. The second-order valence-electron chi connectivity index (χ2n) is 7.78. The molecule has 4 atom stereocenters. The summed E-state index contributed by atoms with van der Waals surface area (Å²) in [4.78, 5) is 45.8. The average Bonchev–Trinajstić information content (AvgIpc) is 3.16. The van der Waals surface area contributed by atoms with Gasteiger partial charge in [-0.05, 0) is 25.7 Å². The summed E-state index contributed by atoms with van der Waals surface area (Å²) in [5, 5.41) is 31.2. The Hall–Kier alpha value is -1.81. The predicted molar refractivity (Wildman–Crippen MR) is 106 cm³/mol. The number of carboxylic acid groups (broad SMARTS) is 2. The molecule has 2 amide bonds. The third-order valence-electron chi connectivity index (χ3n) is 5.46. The van der Waals surface area contributed by atoms with E-state index in [1.54, 1.807) is 0 Å². The zero-order chi connectivity index (χ0) is 21.4. The van der Waals surface area contributed by atoms with Crippen LogP contribution >= 0.6 is 11.8 Å². The molecule has 0 radical (unpaired) electrons. The van der Waals surface area contributed by atoms with Gasteiger partial charge in [0.05, 0.1) is 6.10 Å². The van der Waals surface area contributed by atoms with Crippen molar-refractivity contribution in [3.63, 3.8) is 0 Å². The molecule has 2 aliphatic rings. The third kappa shape index (κ3) is 7.85. The van der Waals surface area contributed by atoms with Crippen LogP contribution in [0, 0.1) is 5.92 Å². The molecule has 29 heavy (non-hydrogen) atoms. The zero-order valence-corrected chi connectivity index (χ0v) is 17.2. The molecule has 10 heteroatoms. The largest absolute Gasteiger partial charge is 0.480 e. The molecule has 0 aromatic carbocycles. The number of thioether (sulfide) groups is 1. The quantitative estimate of drug-likeness (QED) is 0.313. The lowest BCUT2D eigenvalue weighted by atomic mass is 9.94. The van der Waals surface area contributed by atoms with E-state index in [4.69, 9.17) is 10.2 Å². The van der Waals surface area contributed by atoms with Crippen LogP contribution in [0.1, 0.15) is 51.4 Å². The van der Waals surface area contributed by atoms with E-state index in [-0.39, 0.29) is 12.3 Å². The van der Waals surface area contributed by atoms with Gasteiger partial charge in [-0.2, -0.15) is 11.8 Å². The molecule has 0 bridgehead atoms. The average molecular weight is 431 g/mol. The number of hydrogen-bond donors (Lipinski definition) is 4. The van der Waals surface area contributed by atoms with Gasteiger partial charge in [-0.25, -0.2) is 0 Å². The van der Waals surface area contributed by atoms with Crippen LogP contribution in [-0.2, 0) is 19.2 Å². The van der Waals surface area contributed by atoms with Gasteiger partial charge < -0.3 is 25.5 Å². The molecule has 0 aromatic heterocycles. The molecule has 164 valence electrons. The highest BCUT2D eigenvalue weighted by molar-refractivity contribution is 8.00. The molecule has 4 unspecified atom stereocenters. The van der Waals surface area contributed by atoms with Crippen LogP contribution in [0.4, 0.5) is 0 Å². The highest BCUT2D eigenvalue weighted by atomic mass is 32.2. The number of rotatable bonds is 13. The summed E-state index contributed by atoms with van der Waals surface area (Å²) in [6.45, 7) is -1.29. The second-order valence-corrected chi connectivity index (χ2v) is 9.05. The molecule has 0 aromatic rings. The van der Waals surface area contributed by atoms with E-state index in [0.29, 0.717) is 42.9 Å². The number of aliphatic hydroxyl groups is 1. The van der Waals surface area contributed by atoms with Crippen LogP contribution in [0.25, 0.3) is 0 Å². The normalized spacial score (nSPS) is 24.0. The number of unbranched alkanes of at least 4 members (excludes halogenated alkanes) is 1. The van der Waals surface area contributed by atoms with Gasteiger partial charge in [0, 0.05) is 35.8 Å². The van der Waals surface area contributed by atoms with Crippen molar-refractivity contribution in [2.75, 3.05) is 18.8 Å². The number of nitrogens with zero attached hydrogens (tertiary/aromatic N) is 1. The number of carboxylic acids is 2. The summed E-state index contributed by atoms with van der Waals surface area (Å²) in [6.07, 6.45) is 4.42. The Labute approximate surface area is 174 Å². The van der Waals surface area contributed by atoms with E-state index >= 15 is 0 Å². The van der Waals surface area contributed by atoms with Crippen molar-refractivity contribution < 1.29 is 34.5 Å². The van der Waals surface area contributed by atoms with E-state index in [0.717, 1.165) is 29.9 Å². The molecule has 9 nitrogen and oxygen atoms in total. The Balaban J connectivity index is 1.57. The number of carbonyl (C=O) groups excluding carboxylic acids is 2. The van der Waals surface area contributed by atoms with Gasteiger partial charge in [-0.3, -0.25) is 19.2 Å². The lowest BCUT2D eigenvalue weighted by molar-refractivity contribution is -0.149. The maximum absolute atomic E-state index is 12.0. The molecular formula is C19H30N2O7S. The van der Waals surface area contributed by atoms with E-state index in [2.05, 4.69) is 5.32 Å². The lowest BCUT2D eigenvalue weighted by Gasteiger charge is -2.19. The minimum Gasteiger partial charge on any atom is -0.480 e. The number of aliphatic hydroxyl groups excluding tert-OH is 1. The van der Waals surface area contributed by atoms with Crippen molar-refractivity contribution in [2.45, 2.75) is 68.8 Å². The van der Waals surface area contributed by atoms with Gasteiger partial charge >= 0.3 is 11.9 Å². The molecule has 2 saturated heterocycles. The van der Waals surface area contributed by atoms with Crippen molar-refractivity contribution >= 4 is 35.5 Å². The first-order valence-corrected chi connectivity index (χ1v) is 11.1. The van der Waals surface area contributed by atoms with E-state index in [1.807, 2.05) is 11.8 Å². The van der Waals surface area contributed by atoms with Crippen molar-refractivity contribution in [2.24, 2.45) is 5.92 Å². The van der Waals surface area contributed by atoms with Gasteiger partial charge in [0.25, 0.3) is 0 Å². The summed E-state index contributed by atoms with van der Waals surface area (Å²) in [6, 6.07) is 0.322. The number of carbonyl (C=O) groups is 4. The maximum Gasteiger partial charge on any atom is 0.323 e. The fourth-order valence-electron chi connectivity index (χ4n) is 4.01. The van der Waals surface area contributed by atoms with E-state index < -0.39 is 37.0 Å². The van der Waals surface area contributed by atoms with Gasteiger partial charge in [0.1, 0.15) is 13.1 Å². The van der Waals surface area contributed by atoms with Gasteiger partial charge in [-0.15, -0.1) is 0 Å². The molecule has 0 spiro atoms. The maximum atomic E-state index is 12.0. The molecule has 2 heterocycles. The zero-order valence-electron chi connectivity index (χ0n) is 16.4. The number of nitrogens with one attached hydrogen (secondary N) is 1. The van der Waals surface area contributed by atoms with Crippen molar-refractivity contribution in [3.05, 3.63) is 0 Å². The summed E-state index contributed by atoms with van der Waals surface area (Å²) in [7, 11) is 0. The highest BCUT2D eigenvalue weighted by Crippen LogP contribution is 2.40. The molecule has 2 rings (SSSR count). The predicted octanol–water partition coefficient (Wildman–Crippen LogP) is 0.696. The van der Waals surface area contributed by atoms with Crippen LogP contribution in [0.5, 0.6) is 0 Å². The first-order valence-electron chi connectivity index (χ1n) is 10.1. The lowest BCUT2D eigenvalue weighted by Crippen LogP contribution is -2.39. The van der Waals surface area contributed by atoms with Crippen LogP contribution in [-0.4, -0.2) is 80.2 Å². The van der Waals surface area contributed by atoms with Crippen molar-refractivity contribution in [3.8, 4) is 0 Å². The van der Waals surface area contributed by atoms with Gasteiger partial charge in [0.2, 0.25) is 11.8 Å². The number of amides is 2. The topological polar surface area (TPSA) is 144 Å². The number of hydrogen-bond acceptors (Lipinski definition) is 6. The van der Waals surface area contributed by atoms with Crippen LogP contribution in [0.15, 0.2) is 0 Å². The van der Waals surface area contributed by atoms with Gasteiger partial charge in [-0.1, -0.05) is 12.8 Å². The summed E-state index contributed by atoms with van der Waals surface area (Å²) in [5.74, 6) is -1.48. The first kappa shape index (κ1) is 23.5. The molecular weight excluding hydrogens is 400 g/mol. The van der Waals surface area contributed by atoms with Crippen LogP contribution < -0.4 is 5.32 Å². The molecule has 2 aliphatic heterocycles. The van der Waals surface area contributed by atoms with Crippen LogP contribution in [0.3, 0.4) is 0 Å². The Kier molecular flexibility index (Phi) is 9.22. The molecule has 0 aliphatic carbocycles. The summed E-state index contributed by atoms with van der Waals surface area (Å²) >= 11 is 1.92. The SMILES string of the molecule is O=C(O)CN(CC(=O)O)C(=O)CCCC(O)CCCCC1SCC2NC(=O)CC21. The summed E-state index contributed by atoms with van der Waals surface area (Å²) < 4.78 is 0. The smallest absolute Gasteiger partial charge is 0.323 e. The standard InChI is InChI=1S/C19H30N2O7S/c22-12(5-3-7-17(24)21(9-18(25)26)10-19(27)28)4-1-2-6-15-13-8-16(23)20-14(13)11-29-15/h12-15,22H,1-11H2,(H,20,23)(H,25,26)(H,27,28). The van der Waals surface area contributed by atoms with Gasteiger partial charge in [0.15, 0.2) is 0 Å². The van der Waals surface area contributed by atoms with Crippen molar-refractivity contribution in [1.29, 1.82) is 0 Å². The minimum absolute atomic E-state index is 0.0143. The van der Waals surface area contributed by atoms with Crippen LogP contribution in [0.2, 0.25) is 0 Å². The monoisotopic (exact) mass is 430 g/mol. The Morgan fingerprint density at radius 3 is 2.41 bits per heavy atom. The third-order valence-corrected chi connectivity index (χ3v) is 7.03.